The maximum absolute atomic E-state index is 12.9. The summed E-state index contributed by atoms with van der Waals surface area (Å²) in [5.41, 5.74) is 0. The van der Waals surface area contributed by atoms with Gasteiger partial charge in [-0.3, -0.25) is 4.79 Å². The molecule has 0 aromatic rings. The lowest BCUT2D eigenvalue weighted by molar-refractivity contribution is -0.129. The molecule has 2 rings (SSSR count). The third kappa shape index (κ3) is 3.80. The lowest BCUT2D eigenvalue weighted by Crippen LogP contribution is -2.38. The first-order valence-electron chi connectivity index (χ1n) is 6.27. The predicted octanol–water partition coefficient (Wildman–Crippen LogP) is 2.95. The third-order valence-electron chi connectivity index (χ3n) is 3.69. The Morgan fingerprint density at radius 1 is 1.29 bits per heavy atom. The molecule has 2 aliphatic carbocycles. The lowest BCUT2D eigenvalue weighted by atomic mass is 9.86. The Morgan fingerprint density at radius 3 is 2.41 bits per heavy atom. The molecule has 0 aromatic heterocycles. The van der Waals surface area contributed by atoms with Crippen LogP contribution in [0.1, 0.15) is 38.5 Å². The Morgan fingerprint density at radius 2 is 1.88 bits per heavy atom. The lowest BCUT2D eigenvalue weighted by Gasteiger charge is -2.27. The van der Waals surface area contributed by atoms with Gasteiger partial charge in [0.2, 0.25) is 11.8 Å². The molecule has 17 heavy (non-hydrogen) atoms. The summed E-state index contributed by atoms with van der Waals surface area (Å²) in [7, 11) is 0. The molecular formula is C12H18ClF2NO. The maximum Gasteiger partial charge on any atom is 0.248 e. The molecule has 1 N–H and O–H groups in total. The second-order valence-electron chi connectivity index (χ2n) is 5.23. The van der Waals surface area contributed by atoms with Gasteiger partial charge in [-0.15, -0.1) is 11.6 Å². The highest BCUT2D eigenvalue weighted by atomic mass is 35.5. The minimum atomic E-state index is -2.57. The number of carbonyl (C=O) groups is 1. The van der Waals surface area contributed by atoms with E-state index in [0.29, 0.717) is 12.5 Å². The highest BCUT2D eigenvalue weighted by molar-refractivity contribution is 6.21. The van der Waals surface area contributed by atoms with E-state index in [4.69, 9.17) is 11.6 Å². The Kier molecular flexibility index (Phi) is 3.91. The molecule has 1 amide bonds. The second-order valence-corrected chi connectivity index (χ2v) is 5.79. The fourth-order valence-electron chi connectivity index (χ4n) is 2.27. The summed E-state index contributed by atoms with van der Waals surface area (Å²) in [6.07, 6.45) is 2.51. The van der Waals surface area contributed by atoms with Crippen molar-refractivity contribution in [3.8, 4) is 0 Å². The molecule has 0 aromatic carbocycles. The predicted molar refractivity (Wildman–Crippen MR) is 62.3 cm³/mol. The highest BCUT2D eigenvalue weighted by Crippen LogP contribution is 2.37. The van der Waals surface area contributed by atoms with E-state index in [-0.39, 0.29) is 42.9 Å². The summed E-state index contributed by atoms with van der Waals surface area (Å²) in [5.74, 6) is -2.39. The zero-order chi connectivity index (χ0) is 12.5. The normalized spacial score (nSPS) is 26.5. The van der Waals surface area contributed by atoms with Gasteiger partial charge in [0.15, 0.2) is 0 Å². The van der Waals surface area contributed by atoms with Gasteiger partial charge in [0.05, 0.1) is 5.38 Å². The van der Waals surface area contributed by atoms with Crippen LogP contribution in [0.25, 0.3) is 0 Å². The van der Waals surface area contributed by atoms with Gasteiger partial charge >= 0.3 is 0 Å². The van der Waals surface area contributed by atoms with Crippen LogP contribution in [-0.2, 0) is 4.79 Å². The van der Waals surface area contributed by atoms with E-state index in [2.05, 4.69) is 5.32 Å². The van der Waals surface area contributed by atoms with Crippen molar-refractivity contribution in [1.82, 2.24) is 5.32 Å². The Balaban J connectivity index is 1.69. The summed E-state index contributed by atoms with van der Waals surface area (Å²) >= 11 is 6.07. The largest absolute Gasteiger partial charge is 0.354 e. The van der Waals surface area contributed by atoms with Crippen molar-refractivity contribution >= 4 is 17.5 Å². The fraction of sp³-hybridized carbons (Fsp3) is 0.917. The van der Waals surface area contributed by atoms with E-state index in [1.807, 2.05) is 0 Å². The van der Waals surface area contributed by atoms with Crippen molar-refractivity contribution in [3.63, 3.8) is 0 Å². The molecule has 0 bridgehead atoms. The summed E-state index contributed by atoms with van der Waals surface area (Å²) in [6.45, 7) is 0.470. The average Bonchev–Trinajstić information content (AvgIpc) is 3.09. The second kappa shape index (κ2) is 5.09. The minimum absolute atomic E-state index is 0.00369. The smallest absolute Gasteiger partial charge is 0.248 e. The SMILES string of the molecule is O=C(NCC(Cl)C1CC1)C1CCC(F)(F)CC1. The van der Waals surface area contributed by atoms with Crippen LogP contribution in [0, 0.1) is 11.8 Å². The van der Waals surface area contributed by atoms with Crippen molar-refractivity contribution in [3.05, 3.63) is 0 Å². The molecule has 1 atom stereocenters. The van der Waals surface area contributed by atoms with E-state index < -0.39 is 5.92 Å². The Bertz CT molecular complexity index is 284. The number of hydrogen-bond acceptors (Lipinski definition) is 1. The Hall–Kier alpha value is -0.380. The molecule has 0 aliphatic heterocycles. The quantitative estimate of drug-likeness (QED) is 0.778. The zero-order valence-electron chi connectivity index (χ0n) is 9.72. The molecule has 2 nitrogen and oxygen atoms in total. The topological polar surface area (TPSA) is 29.1 Å². The first-order chi connectivity index (χ1) is 7.98. The summed E-state index contributed by atoms with van der Waals surface area (Å²) in [6, 6.07) is 0. The van der Waals surface area contributed by atoms with Crippen LogP contribution < -0.4 is 5.32 Å². The van der Waals surface area contributed by atoms with Gasteiger partial charge in [-0.1, -0.05) is 0 Å². The maximum atomic E-state index is 12.9. The number of hydrogen-bond donors (Lipinski definition) is 1. The number of nitrogens with one attached hydrogen (secondary N) is 1. The molecule has 5 heteroatoms. The van der Waals surface area contributed by atoms with Crippen molar-refractivity contribution in [1.29, 1.82) is 0 Å². The van der Waals surface area contributed by atoms with Crippen LogP contribution in [0.5, 0.6) is 0 Å². The van der Waals surface area contributed by atoms with Gasteiger partial charge in [-0.2, -0.15) is 0 Å². The van der Waals surface area contributed by atoms with Gasteiger partial charge in [-0.05, 0) is 31.6 Å². The molecule has 1 unspecified atom stereocenters. The fourth-order valence-corrected chi connectivity index (χ4v) is 2.60. The Labute approximate surface area is 105 Å². The van der Waals surface area contributed by atoms with Crippen molar-refractivity contribution in [2.24, 2.45) is 11.8 Å². The van der Waals surface area contributed by atoms with Crippen LogP contribution >= 0.6 is 11.6 Å². The molecule has 2 saturated carbocycles. The molecule has 0 spiro atoms. The van der Waals surface area contributed by atoms with Gasteiger partial charge in [0.25, 0.3) is 0 Å². The number of carbonyl (C=O) groups excluding carboxylic acids is 1. The van der Waals surface area contributed by atoms with E-state index in [1.54, 1.807) is 0 Å². The molecule has 0 radical (unpaired) electrons. The van der Waals surface area contributed by atoms with Gasteiger partial charge < -0.3 is 5.32 Å². The molecule has 98 valence electrons. The summed E-state index contributed by atoms with van der Waals surface area (Å²) < 4.78 is 25.8. The molecule has 2 aliphatic rings. The van der Waals surface area contributed by atoms with Crippen LogP contribution in [0.15, 0.2) is 0 Å². The number of amides is 1. The molecular weight excluding hydrogens is 248 g/mol. The van der Waals surface area contributed by atoms with E-state index in [1.165, 1.54) is 0 Å². The monoisotopic (exact) mass is 265 g/mol. The first kappa shape index (κ1) is 13.1. The van der Waals surface area contributed by atoms with Crippen LogP contribution in [0.4, 0.5) is 8.78 Å². The van der Waals surface area contributed by atoms with Crippen molar-refractivity contribution in [2.75, 3.05) is 6.54 Å². The van der Waals surface area contributed by atoms with Crippen LogP contribution in [0.3, 0.4) is 0 Å². The number of rotatable bonds is 4. The third-order valence-corrected chi connectivity index (χ3v) is 4.20. The van der Waals surface area contributed by atoms with Crippen molar-refractivity contribution in [2.45, 2.75) is 49.8 Å². The van der Waals surface area contributed by atoms with Crippen molar-refractivity contribution < 1.29 is 13.6 Å². The summed E-state index contributed by atoms with van der Waals surface area (Å²) in [4.78, 5) is 11.7. The van der Waals surface area contributed by atoms with E-state index in [9.17, 15) is 13.6 Å². The number of halogens is 3. The molecule has 2 fully saturated rings. The van der Waals surface area contributed by atoms with E-state index >= 15 is 0 Å². The van der Waals surface area contributed by atoms with Gasteiger partial charge in [0, 0.05) is 25.3 Å². The molecule has 0 heterocycles. The number of alkyl halides is 3. The van der Waals surface area contributed by atoms with Gasteiger partial charge in [0.1, 0.15) is 0 Å². The highest BCUT2D eigenvalue weighted by Gasteiger charge is 2.37. The van der Waals surface area contributed by atoms with Crippen LogP contribution in [0.2, 0.25) is 0 Å². The molecule has 0 saturated heterocycles. The zero-order valence-corrected chi connectivity index (χ0v) is 10.5. The first-order valence-corrected chi connectivity index (χ1v) is 6.71. The average molecular weight is 266 g/mol. The van der Waals surface area contributed by atoms with Crippen LogP contribution in [-0.4, -0.2) is 23.8 Å². The van der Waals surface area contributed by atoms with Gasteiger partial charge in [-0.25, -0.2) is 8.78 Å². The summed E-state index contributed by atoms with van der Waals surface area (Å²) in [5, 5.41) is 2.79. The van der Waals surface area contributed by atoms with E-state index in [0.717, 1.165) is 12.8 Å². The standard InChI is InChI=1S/C12H18ClF2NO/c13-10(8-1-2-8)7-16-11(17)9-3-5-12(14,15)6-4-9/h8-10H,1-7H2,(H,16,17). The minimum Gasteiger partial charge on any atom is -0.354 e.